The molecule has 0 fully saturated rings. The fourth-order valence-electron chi connectivity index (χ4n) is 2.44. The van der Waals surface area contributed by atoms with Gasteiger partial charge in [0, 0.05) is 23.5 Å². The van der Waals surface area contributed by atoms with E-state index < -0.39 is 0 Å². The molecule has 0 aliphatic heterocycles. The van der Waals surface area contributed by atoms with Crippen molar-refractivity contribution in [1.82, 2.24) is 0 Å². The van der Waals surface area contributed by atoms with Crippen LogP contribution in [0.4, 0.5) is 5.69 Å². The molecule has 2 rings (SSSR count). The number of thiocarbonyl (C=S) groups is 1. The zero-order valence-electron chi connectivity index (χ0n) is 14.6. The molecular formula is C20H23NO2S. The summed E-state index contributed by atoms with van der Waals surface area (Å²) in [6.07, 6.45) is 2.86. The largest absolute Gasteiger partial charge is 0.497 e. The molecule has 24 heavy (non-hydrogen) atoms. The third-order valence-electron chi connectivity index (χ3n) is 3.76. The summed E-state index contributed by atoms with van der Waals surface area (Å²) in [4.78, 5) is 2.92. The zero-order valence-corrected chi connectivity index (χ0v) is 15.4. The molecular weight excluding hydrogens is 318 g/mol. The zero-order chi connectivity index (χ0) is 17.5. The summed E-state index contributed by atoms with van der Waals surface area (Å²) in [6.45, 7) is 4.12. The van der Waals surface area contributed by atoms with Crippen LogP contribution in [0.1, 0.15) is 25.8 Å². The Morgan fingerprint density at radius 2 is 1.79 bits per heavy atom. The Kier molecular flexibility index (Phi) is 6.38. The van der Waals surface area contributed by atoms with Crippen LogP contribution in [0.25, 0.3) is 5.57 Å². The van der Waals surface area contributed by atoms with Crippen LogP contribution in [0.3, 0.4) is 0 Å². The Labute approximate surface area is 149 Å². The Hall–Kier alpha value is -2.33. The fraction of sp³-hybridized carbons (Fsp3) is 0.250. The molecule has 126 valence electrons. The van der Waals surface area contributed by atoms with Gasteiger partial charge in [-0.2, -0.15) is 0 Å². The van der Waals surface area contributed by atoms with Crippen LogP contribution in [-0.4, -0.2) is 19.2 Å². The van der Waals surface area contributed by atoms with Crippen molar-refractivity contribution in [3.63, 3.8) is 0 Å². The Balaban J connectivity index is 2.44. The van der Waals surface area contributed by atoms with Crippen molar-refractivity contribution in [2.45, 2.75) is 20.3 Å². The standard InChI is InChI=1S/C20H23NO2S/c1-5-20(24)21(16-9-7-6-8-10-16)14-15(2)18-12-11-17(22-3)13-19(18)23-4/h6-14H,5H2,1-4H3/b15-14+. The number of rotatable bonds is 6. The van der Waals surface area contributed by atoms with E-state index in [1.54, 1.807) is 14.2 Å². The molecule has 0 spiro atoms. The highest BCUT2D eigenvalue weighted by Gasteiger charge is 2.12. The molecule has 0 aromatic heterocycles. The van der Waals surface area contributed by atoms with Gasteiger partial charge in [0.05, 0.1) is 19.2 Å². The van der Waals surface area contributed by atoms with Gasteiger partial charge in [-0.3, -0.25) is 0 Å². The number of ether oxygens (including phenoxy) is 2. The second-order valence-corrected chi connectivity index (χ2v) is 5.80. The lowest BCUT2D eigenvalue weighted by atomic mass is 10.1. The summed E-state index contributed by atoms with van der Waals surface area (Å²) in [5.41, 5.74) is 3.13. The number of para-hydroxylation sites is 1. The number of anilines is 1. The van der Waals surface area contributed by atoms with Crippen LogP contribution in [0.5, 0.6) is 11.5 Å². The van der Waals surface area contributed by atoms with Crippen molar-refractivity contribution in [3.8, 4) is 11.5 Å². The molecule has 2 aromatic carbocycles. The summed E-state index contributed by atoms with van der Waals surface area (Å²) >= 11 is 5.56. The number of methoxy groups -OCH3 is 2. The number of hydrogen-bond acceptors (Lipinski definition) is 3. The van der Waals surface area contributed by atoms with Gasteiger partial charge < -0.3 is 14.4 Å². The SMILES string of the molecule is CCC(=S)N(/C=C(\C)c1ccc(OC)cc1OC)c1ccccc1. The van der Waals surface area contributed by atoms with E-state index in [1.165, 1.54) is 0 Å². The van der Waals surface area contributed by atoms with Crippen LogP contribution < -0.4 is 14.4 Å². The van der Waals surface area contributed by atoms with Crippen molar-refractivity contribution >= 4 is 28.5 Å². The van der Waals surface area contributed by atoms with Crippen molar-refractivity contribution in [2.75, 3.05) is 19.1 Å². The minimum absolute atomic E-state index is 0.771. The topological polar surface area (TPSA) is 21.7 Å². The minimum atomic E-state index is 0.771. The van der Waals surface area contributed by atoms with E-state index in [9.17, 15) is 0 Å². The van der Waals surface area contributed by atoms with Crippen LogP contribution in [0.15, 0.2) is 54.7 Å². The van der Waals surface area contributed by atoms with Crippen LogP contribution in [0.2, 0.25) is 0 Å². The molecule has 2 aromatic rings. The highest BCUT2D eigenvalue weighted by molar-refractivity contribution is 7.80. The summed E-state index contributed by atoms with van der Waals surface area (Å²) in [5.74, 6) is 1.55. The first kappa shape index (κ1) is 18.0. The van der Waals surface area contributed by atoms with Gasteiger partial charge in [0.15, 0.2) is 0 Å². The average Bonchev–Trinajstić information content (AvgIpc) is 2.65. The maximum Gasteiger partial charge on any atom is 0.130 e. The maximum absolute atomic E-state index is 5.56. The molecule has 0 aliphatic rings. The summed E-state index contributed by atoms with van der Waals surface area (Å²) in [7, 11) is 3.31. The molecule has 0 amide bonds. The Bertz CT molecular complexity index is 726. The van der Waals surface area contributed by atoms with E-state index in [4.69, 9.17) is 21.7 Å². The van der Waals surface area contributed by atoms with Gasteiger partial charge in [-0.05, 0) is 43.2 Å². The Morgan fingerprint density at radius 3 is 2.38 bits per heavy atom. The van der Waals surface area contributed by atoms with Crippen LogP contribution in [0, 0.1) is 0 Å². The van der Waals surface area contributed by atoms with Gasteiger partial charge in [-0.25, -0.2) is 0 Å². The average molecular weight is 341 g/mol. The van der Waals surface area contributed by atoms with Gasteiger partial charge in [-0.15, -0.1) is 0 Å². The van der Waals surface area contributed by atoms with Crippen molar-refractivity contribution in [1.29, 1.82) is 0 Å². The first-order chi connectivity index (χ1) is 11.6. The molecule has 0 N–H and O–H groups in total. The highest BCUT2D eigenvalue weighted by atomic mass is 32.1. The van der Waals surface area contributed by atoms with Gasteiger partial charge >= 0.3 is 0 Å². The summed E-state index contributed by atoms with van der Waals surface area (Å²) in [5, 5.41) is 0. The number of hydrogen-bond donors (Lipinski definition) is 0. The van der Waals surface area contributed by atoms with Crippen molar-refractivity contribution in [3.05, 3.63) is 60.3 Å². The van der Waals surface area contributed by atoms with Crippen molar-refractivity contribution < 1.29 is 9.47 Å². The first-order valence-corrected chi connectivity index (χ1v) is 8.29. The lowest BCUT2D eigenvalue weighted by molar-refractivity contribution is 0.393. The predicted molar refractivity (Wildman–Crippen MR) is 105 cm³/mol. The maximum atomic E-state index is 5.56. The molecule has 0 saturated carbocycles. The normalized spacial score (nSPS) is 11.1. The molecule has 0 aliphatic carbocycles. The summed E-state index contributed by atoms with van der Waals surface area (Å²) in [6, 6.07) is 15.9. The molecule has 3 nitrogen and oxygen atoms in total. The monoisotopic (exact) mass is 341 g/mol. The number of benzene rings is 2. The van der Waals surface area contributed by atoms with E-state index in [2.05, 4.69) is 32.2 Å². The summed E-state index contributed by atoms with van der Waals surface area (Å²) < 4.78 is 10.8. The predicted octanol–water partition coefficient (Wildman–Crippen LogP) is 5.31. The lowest BCUT2D eigenvalue weighted by Crippen LogP contribution is -2.22. The first-order valence-electron chi connectivity index (χ1n) is 7.88. The van der Waals surface area contributed by atoms with Gasteiger partial charge in [0.25, 0.3) is 0 Å². The lowest BCUT2D eigenvalue weighted by Gasteiger charge is -2.22. The van der Waals surface area contributed by atoms with Gasteiger partial charge in [0.2, 0.25) is 0 Å². The Morgan fingerprint density at radius 1 is 1.08 bits per heavy atom. The fourth-order valence-corrected chi connectivity index (χ4v) is 2.60. The molecule has 0 heterocycles. The van der Waals surface area contributed by atoms with E-state index in [0.717, 1.165) is 39.7 Å². The highest BCUT2D eigenvalue weighted by Crippen LogP contribution is 2.31. The molecule has 0 radical (unpaired) electrons. The smallest absolute Gasteiger partial charge is 0.130 e. The van der Waals surface area contributed by atoms with Crippen molar-refractivity contribution in [2.24, 2.45) is 0 Å². The molecule has 0 unspecified atom stereocenters. The minimum Gasteiger partial charge on any atom is -0.497 e. The van der Waals surface area contributed by atoms with E-state index in [0.29, 0.717) is 0 Å². The second kappa shape index (κ2) is 8.50. The third kappa shape index (κ3) is 4.15. The van der Waals surface area contributed by atoms with Gasteiger partial charge in [0.1, 0.15) is 11.5 Å². The third-order valence-corrected chi connectivity index (χ3v) is 4.25. The molecule has 0 atom stereocenters. The van der Waals surface area contributed by atoms with E-state index >= 15 is 0 Å². The molecule has 0 bridgehead atoms. The number of nitrogens with zero attached hydrogens (tertiary/aromatic N) is 1. The quantitative estimate of drug-likeness (QED) is 0.664. The van der Waals surface area contributed by atoms with E-state index in [1.807, 2.05) is 41.3 Å². The molecule has 4 heteroatoms. The number of allylic oxidation sites excluding steroid dienone is 1. The van der Waals surface area contributed by atoms with E-state index in [-0.39, 0.29) is 0 Å². The van der Waals surface area contributed by atoms with Gasteiger partial charge in [-0.1, -0.05) is 37.3 Å². The van der Waals surface area contributed by atoms with Crippen LogP contribution >= 0.6 is 12.2 Å². The molecule has 0 saturated heterocycles. The second-order valence-electron chi connectivity index (χ2n) is 5.33. The van der Waals surface area contributed by atoms with Crippen LogP contribution in [-0.2, 0) is 0 Å².